The van der Waals surface area contributed by atoms with Gasteiger partial charge >= 0.3 is 0 Å². The van der Waals surface area contributed by atoms with E-state index < -0.39 is 6.04 Å². The minimum absolute atomic E-state index is 0.137. The van der Waals surface area contributed by atoms with Gasteiger partial charge < -0.3 is 9.73 Å². The maximum Gasteiger partial charge on any atom is 0.251 e. The van der Waals surface area contributed by atoms with Crippen LogP contribution in [0.25, 0.3) is 11.0 Å². The summed E-state index contributed by atoms with van der Waals surface area (Å²) in [6.45, 7) is 4.50. The standard InChI is InChI=1S/C25H26ClN5O3/c1-17(2)13-14-27-25(33)24(22-12-7-15-34-22)31(20-10-5-3-8-18(20)26)23(32)16-30-21-11-6-4-9-19(21)28-29-30/h3-12,15,17,24H,13-14,16H2,1-2H3,(H,27,33)/t24-/m0/s1. The van der Waals surface area contributed by atoms with Gasteiger partial charge in [0.25, 0.3) is 5.91 Å². The highest BCUT2D eigenvalue weighted by Crippen LogP contribution is 2.34. The SMILES string of the molecule is CC(C)CCNC(=O)[C@H](c1ccco1)N(C(=O)Cn1nnc2ccccc21)c1ccccc1Cl. The molecule has 0 unspecified atom stereocenters. The first-order valence-electron chi connectivity index (χ1n) is 11.1. The van der Waals surface area contributed by atoms with E-state index in [1.807, 2.05) is 24.3 Å². The van der Waals surface area contributed by atoms with E-state index >= 15 is 0 Å². The Balaban J connectivity index is 1.73. The highest BCUT2D eigenvalue weighted by atomic mass is 35.5. The minimum atomic E-state index is -1.05. The second-order valence-corrected chi connectivity index (χ2v) is 8.75. The number of amides is 2. The van der Waals surface area contributed by atoms with Crippen molar-refractivity contribution in [3.8, 4) is 0 Å². The van der Waals surface area contributed by atoms with Crippen LogP contribution in [0.1, 0.15) is 32.1 Å². The van der Waals surface area contributed by atoms with Crippen molar-refractivity contribution < 1.29 is 14.0 Å². The van der Waals surface area contributed by atoms with Gasteiger partial charge in [-0.2, -0.15) is 0 Å². The summed E-state index contributed by atoms with van der Waals surface area (Å²) in [7, 11) is 0. The lowest BCUT2D eigenvalue weighted by Crippen LogP contribution is -2.45. The lowest BCUT2D eigenvalue weighted by Gasteiger charge is -2.30. The molecule has 4 aromatic rings. The molecule has 0 saturated heterocycles. The Kier molecular flexibility index (Phi) is 7.27. The van der Waals surface area contributed by atoms with Crippen molar-refractivity contribution in [1.82, 2.24) is 20.3 Å². The van der Waals surface area contributed by atoms with Gasteiger partial charge in [-0.1, -0.05) is 54.9 Å². The number of hydrogen-bond acceptors (Lipinski definition) is 5. The number of nitrogens with zero attached hydrogens (tertiary/aromatic N) is 4. The molecule has 0 saturated carbocycles. The molecule has 0 radical (unpaired) electrons. The average molecular weight is 480 g/mol. The summed E-state index contributed by atoms with van der Waals surface area (Å²) in [6.07, 6.45) is 2.28. The number of benzene rings is 2. The smallest absolute Gasteiger partial charge is 0.251 e. The van der Waals surface area contributed by atoms with E-state index in [4.69, 9.17) is 16.0 Å². The Labute approximate surface area is 202 Å². The Morgan fingerprint density at radius 2 is 1.85 bits per heavy atom. The first-order chi connectivity index (χ1) is 16.5. The number of rotatable bonds is 9. The molecule has 4 rings (SSSR count). The minimum Gasteiger partial charge on any atom is -0.467 e. The lowest BCUT2D eigenvalue weighted by molar-refractivity contribution is -0.127. The molecule has 1 N–H and O–H groups in total. The predicted molar refractivity (Wildman–Crippen MR) is 130 cm³/mol. The van der Waals surface area contributed by atoms with Crippen molar-refractivity contribution in [2.75, 3.05) is 11.4 Å². The number of carbonyl (C=O) groups excluding carboxylic acids is 2. The van der Waals surface area contributed by atoms with Gasteiger partial charge in [0.2, 0.25) is 5.91 Å². The molecule has 8 nitrogen and oxygen atoms in total. The normalized spacial score (nSPS) is 12.1. The predicted octanol–water partition coefficient (Wildman–Crippen LogP) is 4.61. The van der Waals surface area contributed by atoms with Crippen LogP contribution in [0.3, 0.4) is 0 Å². The number of hydrogen-bond donors (Lipinski definition) is 1. The van der Waals surface area contributed by atoms with E-state index in [-0.39, 0.29) is 18.4 Å². The maximum absolute atomic E-state index is 13.8. The van der Waals surface area contributed by atoms with Crippen molar-refractivity contribution in [2.24, 2.45) is 5.92 Å². The number of furan rings is 1. The van der Waals surface area contributed by atoms with E-state index in [1.54, 1.807) is 36.4 Å². The number of aromatic nitrogens is 3. The van der Waals surface area contributed by atoms with E-state index in [9.17, 15) is 9.59 Å². The summed E-state index contributed by atoms with van der Waals surface area (Å²) >= 11 is 6.51. The molecule has 34 heavy (non-hydrogen) atoms. The molecular formula is C25H26ClN5O3. The Morgan fingerprint density at radius 1 is 1.09 bits per heavy atom. The molecule has 0 fully saturated rings. The fraction of sp³-hybridized carbons (Fsp3) is 0.280. The number of anilines is 1. The van der Waals surface area contributed by atoms with Gasteiger partial charge in [0.15, 0.2) is 6.04 Å². The van der Waals surface area contributed by atoms with Crippen LogP contribution in [0.2, 0.25) is 5.02 Å². The van der Waals surface area contributed by atoms with Gasteiger partial charge in [0.05, 0.1) is 22.5 Å². The third-order valence-electron chi connectivity index (χ3n) is 5.43. The van der Waals surface area contributed by atoms with E-state index in [0.717, 1.165) is 6.42 Å². The summed E-state index contributed by atoms with van der Waals surface area (Å²) in [5, 5.41) is 11.5. The van der Waals surface area contributed by atoms with Crippen LogP contribution < -0.4 is 10.2 Å². The van der Waals surface area contributed by atoms with Crippen molar-refractivity contribution in [1.29, 1.82) is 0 Å². The van der Waals surface area contributed by atoms with Gasteiger partial charge in [-0.05, 0) is 48.7 Å². The van der Waals surface area contributed by atoms with Crippen LogP contribution in [-0.4, -0.2) is 33.4 Å². The van der Waals surface area contributed by atoms with E-state index in [1.165, 1.54) is 15.8 Å². The Morgan fingerprint density at radius 3 is 2.59 bits per heavy atom. The quantitative estimate of drug-likeness (QED) is 0.378. The van der Waals surface area contributed by atoms with Crippen LogP contribution >= 0.6 is 11.6 Å². The lowest BCUT2D eigenvalue weighted by atomic mass is 10.1. The zero-order valence-corrected chi connectivity index (χ0v) is 19.8. The van der Waals surface area contributed by atoms with Crippen LogP contribution in [0, 0.1) is 5.92 Å². The molecule has 2 aromatic carbocycles. The van der Waals surface area contributed by atoms with Crippen molar-refractivity contribution in [2.45, 2.75) is 32.9 Å². The second kappa shape index (κ2) is 10.5. The van der Waals surface area contributed by atoms with Gasteiger partial charge in [-0.25, -0.2) is 4.68 Å². The summed E-state index contributed by atoms with van der Waals surface area (Å²) in [5.74, 6) is 0.0134. The number of nitrogens with one attached hydrogen (secondary N) is 1. The average Bonchev–Trinajstić information content (AvgIpc) is 3.48. The summed E-state index contributed by atoms with van der Waals surface area (Å²) < 4.78 is 7.12. The van der Waals surface area contributed by atoms with Crippen molar-refractivity contribution >= 4 is 40.1 Å². The van der Waals surface area contributed by atoms with E-state index in [0.29, 0.717) is 40.0 Å². The van der Waals surface area contributed by atoms with Crippen LogP contribution in [0.4, 0.5) is 5.69 Å². The molecule has 2 aromatic heterocycles. The topological polar surface area (TPSA) is 93.3 Å². The highest BCUT2D eigenvalue weighted by molar-refractivity contribution is 6.34. The third-order valence-corrected chi connectivity index (χ3v) is 5.75. The van der Waals surface area contributed by atoms with Gasteiger partial charge in [-0.15, -0.1) is 5.10 Å². The second-order valence-electron chi connectivity index (χ2n) is 8.34. The van der Waals surface area contributed by atoms with Crippen LogP contribution in [-0.2, 0) is 16.1 Å². The zero-order valence-electron chi connectivity index (χ0n) is 19.0. The fourth-order valence-electron chi connectivity index (χ4n) is 3.70. The molecular weight excluding hydrogens is 454 g/mol. The van der Waals surface area contributed by atoms with Gasteiger partial charge in [-0.3, -0.25) is 14.5 Å². The highest BCUT2D eigenvalue weighted by Gasteiger charge is 2.36. The number of para-hydroxylation sites is 2. The molecule has 0 aliphatic rings. The van der Waals surface area contributed by atoms with Crippen LogP contribution in [0.5, 0.6) is 0 Å². The molecule has 176 valence electrons. The van der Waals surface area contributed by atoms with Crippen molar-refractivity contribution in [3.63, 3.8) is 0 Å². The van der Waals surface area contributed by atoms with Crippen LogP contribution in [0.15, 0.2) is 71.3 Å². The third kappa shape index (κ3) is 5.12. The molecule has 0 aliphatic carbocycles. The number of halogens is 1. The largest absolute Gasteiger partial charge is 0.467 e. The van der Waals surface area contributed by atoms with E-state index in [2.05, 4.69) is 29.5 Å². The summed E-state index contributed by atoms with van der Waals surface area (Å²) in [5.41, 5.74) is 1.79. The summed E-state index contributed by atoms with van der Waals surface area (Å²) in [4.78, 5) is 28.6. The first-order valence-corrected chi connectivity index (χ1v) is 11.5. The molecule has 0 bridgehead atoms. The number of carbonyl (C=O) groups is 2. The Hall–Kier alpha value is -3.65. The Bertz CT molecular complexity index is 1270. The molecule has 0 spiro atoms. The first kappa shape index (κ1) is 23.5. The molecule has 2 heterocycles. The maximum atomic E-state index is 13.8. The monoisotopic (exact) mass is 479 g/mol. The fourth-order valence-corrected chi connectivity index (χ4v) is 3.93. The molecule has 0 aliphatic heterocycles. The summed E-state index contributed by atoms with van der Waals surface area (Å²) in [6, 6.07) is 16.6. The molecule has 1 atom stereocenters. The van der Waals surface area contributed by atoms with Gasteiger partial charge in [0, 0.05) is 6.54 Å². The van der Waals surface area contributed by atoms with Gasteiger partial charge in [0.1, 0.15) is 17.8 Å². The molecule has 2 amide bonds. The number of fused-ring (bicyclic) bond motifs is 1. The zero-order chi connectivity index (χ0) is 24.1. The molecule has 9 heteroatoms. The van der Waals surface area contributed by atoms with Crippen molar-refractivity contribution in [3.05, 3.63) is 77.7 Å².